The summed E-state index contributed by atoms with van der Waals surface area (Å²) >= 11 is 0. The fraction of sp³-hybridized carbons (Fsp3) is 0.875. The lowest BCUT2D eigenvalue weighted by Gasteiger charge is -2.18. The molecule has 0 unspecified atom stereocenters. The summed E-state index contributed by atoms with van der Waals surface area (Å²) in [7, 11) is -0.522. The topological polar surface area (TPSA) is 63.7 Å². The minimum absolute atomic E-state index is 0.0823. The van der Waals surface area contributed by atoms with E-state index in [9.17, 15) is 13.2 Å². The first kappa shape index (κ1) is 13.4. The van der Waals surface area contributed by atoms with Crippen LogP contribution < -0.4 is 0 Å². The van der Waals surface area contributed by atoms with Crippen LogP contribution in [-0.2, 0) is 19.6 Å². The van der Waals surface area contributed by atoms with Crippen LogP contribution in [0, 0.1) is 0 Å². The molecule has 0 amide bonds. The Morgan fingerprint density at radius 1 is 1.43 bits per heavy atom. The number of carbonyl (C=O) groups excluding carboxylic acids is 1. The fourth-order valence-corrected chi connectivity index (χ4v) is 1.90. The molecule has 84 valence electrons. The smallest absolute Gasteiger partial charge is 0.306 e. The van der Waals surface area contributed by atoms with Gasteiger partial charge in [-0.05, 0) is 13.8 Å². The first-order valence-electron chi connectivity index (χ1n) is 4.34. The van der Waals surface area contributed by atoms with Crippen LogP contribution in [0.15, 0.2) is 0 Å². The van der Waals surface area contributed by atoms with Gasteiger partial charge in [0.1, 0.15) is 0 Å². The molecule has 0 aliphatic heterocycles. The average molecular weight is 223 g/mol. The summed E-state index contributed by atoms with van der Waals surface area (Å²) < 4.78 is 28.6. The summed E-state index contributed by atoms with van der Waals surface area (Å²) in [5.74, 6) is -0.407. The summed E-state index contributed by atoms with van der Waals surface area (Å²) in [6.45, 7) is 3.36. The average Bonchev–Trinajstić information content (AvgIpc) is 2.12. The molecule has 14 heavy (non-hydrogen) atoms. The molecule has 0 N–H and O–H groups in total. The highest BCUT2D eigenvalue weighted by Crippen LogP contribution is 2.06. The Morgan fingerprint density at radius 3 is 2.29 bits per heavy atom. The van der Waals surface area contributed by atoms with Gasteiger partial charge in [0.2, 0.25) is 10.0 Å². The Balaban J connectivity index is 4.22. The van der Waals surface area contributed by atoms with Gasteiger partial charge in [-0.1, -0.05) is 0 Å². The Labute approximate surface area is 85.1 Å². The molecular weight excluding hydrogens is 206 g/mol. The van der Waals surface area contributed by atoms with Crippen LogP contribution in [0.4, 0.5) is 0 Å². The number of rotatable bonds is 5. The predicted octanol–water partition coefficient (Wildman–Crippen LogP) is 0.219. The van der Waals surface area contributed by atoms with E-state index >= 15 is 0 Å². The maximum Gasteiger partial charge on any atom is 0.306 e. The third-order valence-electron chi connectivity index (χ3n) is 1.89. The molecule has 0 radical (unpaired) electrons. The van der Waals surface area contributed by atoms with Crippen molar-refractivity contribution in [3.63, 3.8) is 0 Å². The minimum Gasteiger partial charge on any atom is -0.469 e. The van der Waals surface area contributed by atoms with Crippen LogP contribution >= 0.6 is 0 Å². The van der Waals surface area contributed by atoms with Crippen molar-refractivity contribution < 1.29 is 17.9 Å². The monoisotopic (exact) mass is 223 g/mol. The van der Waals surface area contributed by atoms with Crippen LogP contribution in [0.3, 0.4) is 0 Å². The van der Waals surface area contributed by atoms with Crippen molar-refractivity contribution in [3.8, 4) is 0 Å². The quantitative estimate of drug-likeness (QED) is 0.625. The van der Waals surface area contributed by atoms with E-state index in [1.165, 1.54) is 18.5 Å². The van der Waals surface area contributed by atoms with E-state index in [2.05, 4.69) is 4.74 Å². The third kappa shape index (κ3) is 3.63. The summed E-state index contributed by atoms with van der Waals surface area (Å²) in [5, 5.41) is -0.467. The van der Waals surface area contributed by atoms with Gasteiger partial charge in [0.05, 0.1) is 18.8 Å². The molecule has 6 heteroatoms. The summed E-state index contributed by atoms with van der Waals surface area (Å²) in [6.07, 6.45) is 0.0823. The number of carbonyl (C=O) groups is 1. The van der Waals surface area contributed by atoms with E-state index in [0.29, 0.717) is 0 Å². The van der Waals surface area contributed by atoms with Crippen molar-refractivity contribution in [2.24, 2.45) is 0 Å². The first-order valence-corrected chi connectivity index (χ1v) is 5.84. The number of hydrogen-bond donors (Lipinski definition) is 0. The number of sulfonamides is 1. The second-order valence-electron chi connectivity index (χ2n) is 3.24. The van der Waals surface area contributed by atoms with Gasteiger partial charge in [0, 0.05) is 13.6 Å². The molecule has 0 aliphatic rings. The molecule has 0 atom stereocenters. The highest BCUT2D eigenvalue weighted by atomic mass is 32.2. The van der Waals surface area contributed by atoms with E-state index in [1.54, 1.807) is 13.8 Å². The second kappa shape index (κ2) is 5.31. The second-order valence-corrected chi connectivity index (χ2v) is 5.84. The van der Waals surface area contributed by atoms with Crippen molar-refractivity contribution in [2.45, 2.75) is 25.5 Å². The maximum atomic E-state index is 11.5. The van der Waals surface area contributed by atoms with Crippen molar-refractivity contribution in [1.82, 2.24) is 4.31 Å². The van der Waals surface area contributed by atoms with Crippen LogP contribution in [0.25, 0.3) is 0 Å². The molecule has 0 bridgehead atoms. The van der Waals surface area contributed by atoms with Crippen LogP contribution in [0.2, 0.25) is 0 Å². The van der Waals surface area contributed by atoms with E-state index in [0.717, 1.165) is 0 Å². The first-order chi connectivity index (χ1) is 6.32. The van der Waals surface area contributed by atoms with Gasteiger partial charge in [0.25, 0.3) is 0 Å². The Morgan fingerprint density at radius 2 is 1.93 bits per heavy atom. The van der Waals surface area contributed by atoms with E-state index in [1.807, 2.05) is 0 Å². The molecule has 0 aliphatic carbocycles. The molecule has 5 nitrogen and oxygen atoms in total. The van der Waals surface area contributed by atoms with Gasteiger partial charge < -0.3 is 4.74 Å². The van der Waals surface area contributed by atoms with Crippen molar-refractivity contribution in [3.05, 3.63) is 0 Å². The van der Waals surface area contributed by atoms with Gasteiger partial charge in [-0.3, -0.25) is 4.79 Å². The van der Waals surface area contributed by atoms with Crippen LogP contribution in [-0.4, -0.2) is 44.6 Å². The molecule has 0 saturated heterocycles. The molecular formula is C8H17NO4S. The summed E-state index contributed by atoms with van der Waals surface area (Å²) in [4.78, 5) is 10.8. The lowest BCUT2D eigenvalue weighted by molar-refractivity contribution is -0.140. The van der Waals surface area contributed by atoms with Crippen molar-refractivity contribution in [2.75, 3.05) is 20.7 Å². The summed E-state index contributed by atoms with van der Waals surface area (Å²) in [6, 6.07) is 0. The molecule has 0 aromatic heterocycles. The van der Waals surface area contributed by atoms with E-state index in [4.69, 9.17) is 0 Å². The fourth-order valence-electron chi connectivity index (χ4n) is 0.838. The van der Waals surface area contributed by atoms with Gasteiger partial charge in [-0.2, -0.15) is 0 Å². The van der Waals surface area contributed by atoms with Gasteiger partial charge in [-0.15, -0.1) is 0 Å². The number of hydrogen-bond acceptors (Lipinski definition) is 4. The van der Waals surface area contributed by atoms with E-state index in [-0.39, 0.29) is 13.0 Å². The van der Waals surface area contributed by atoms with Gasteiger partial charge >= 0.3 is 5.97 Å². The van der Waals surface area contributed by atoms with E-state index < -0.39 is 21.2 Å². The zero-order valence-corrected chi connectivity index (χ0v) is 9.80. The Hall–Kier alpha value is -0.620. The SMILES string of the molecule is COC(=O)CCN(C)S(=O)(=O)C(C)C. The normalized spacial score (nSPS) is 12.1. The highest BCUT2D eigenvalue weighted by Gasteiger charge is 2.22. The summed E-state index contributed by atoms with van der Waals surface area (Å²) in [5.41, 5.74) is 0. The van der Waals surface area contributed by atoms with Crippen molar-refractivity contribution in [1.29, 1.82) is 0 Å². The molecule has 0 fully saturated rings. The third-order valence-corrected chi connectivity index (χ3v) is 4.13. The minimum atomic E-state index is -3.26. The zero-order valence-electron chi connectivity index (χ0n) is 8.98. The molecule has 0 rings (SSSR count). The van der Waals surface area contributed by atoms with Gasteiger partial charge in [-0.25, -0.2) is 12.7 Å². The standard InChI is InChI=1S/C8H17NO4S/c1-7(2)14(11,12)9(3)6-5-8(10)13-4/h7H,5-6H2,1-4H3. The molecule has 0 aromatic carbocycles. The number of nitrogens with zero attached hydrogens (tertiary/aromatic N) is 1. The largest absolute Gasteiger partial charge is 0.469 e. The number of methoxy groups -OCH3 is 1. The predicted molar refractivity (Wildman–Crippen MR) is 53.3 cm³/mol. The molecule has 0 spiro atoms. The van der Waals surface area contributed by atoms with Gasteiger partial charge in [0.15, 0.2) is 0 Å². The molecule has 0 saturated carbocycles. The molecule has 0 aromatic rings. The zero-order chi connectivity index (χ0) is 11.4. The Bertz CT molecular complexity index is 284. The van der Waals surface area contributed by atoms with Crippen LogP contribution in [0.1, 0.15) is 20.3 Å². The number of ether oxygens (including phenoxy) is 1. The highest BCUT2D eigenvalue weighted by molar-refractivity contribution is 7.89. The lowest BCUT2D eigenvalue weighted by atomic mass is 10.4. The van der Waals surface area contributed by atoms with Crippen LogP contribution in [0.5, 0.6) is 0 Å². The van der Waals surface area contributed by atoms with Crippen molar-refractivity contribution >= 4 is 16.0 Å². The lowest BCUT2D eigenvalue weighted by Crippen LogP contribution is -2.34. The molecule has 0 heterocycles. The number of esters is 1. The Kier molecular flexibility index (Phi) is 5.07. The maximum absolute atomic E-state index is 11.5.